The Balaban J connectivity index is 1.83. The molecule has 0 unspecified atom stereocenters. The molecule has 6 nitrogen and oxygen atoms in total. The Kier molecular flexibility index (Phi) is 6.77. The van der Waals surface area contributed by atoms with Gasteiger partial charge in [-0.25, -0.2) is 0 Å². The van der Waals surface area contributed by atoms with Crippen LogP contribution in [0.5, 0.6) is 5.75 Å². The number of benzene rings is 2. The number of amides is 1. The highest BCUT2D eigenvalue weighted by Gasteiger charge is 2.14. The zero-order valence-corrected chi connectivity index (χ0v) is 14.5. The van der Waals surface area contributed by atoms with Gasteiger partial charge < -0.3 is 14.8 Å². The number of hydrogen-bond acceptors (Lipinski definition) is 4. The molecule has 0 spiro atoms. The van der Waals surface area contributed by atoms with Crippen molar-refractivity contribution in [3.63, 3.8) is 0 Å². The lowest BCUT2D eigenvalue weighted by Gasteiger charge is -2.16. The summed E-state index contributed by atoms with van der Waals surface area (Å²) in [6.07, 6.45) is -0.666. The lowest BCUT2D eigenvalue weighted by Crippen LogP contribution is -2.50. The first kappa shape index (κ1) is 18.0. The van der Waals surface area contributed by atoms with E-state index >= 15 is 0 Å². The van der Waals surface area contributed by atoms with E-state index in [0.29, 0.717) is 24.0 Å². The van der Waals surface area contributed by atoms with Crippen molar-refractivity contribution in [3.05, 3.63) is 42.5 Å². The van der Waals surface area contributed by atoms with E-state index < -0.39 is 6.10 Å². The minimum Gasteiger partial charge on any atom is -0.481 e. The molecule has 1 amide bonds. The maximum Gasteiger partial charge on any atom is 0.279 e. The van der Waals surface area contributed by atoms with Crippen molar-refractivity contribution in [2.24, 2.45) is 0 Å². The molecule has 24 heavy (non-hydrogen) atoms. The van der Waals surface area contributed by atoms with Crippen LogP contribution in [0.3, 0.4) is 0 Å². The highest BCUT2D eigenvalue weighted by molar-refractivity contribution is 7.80. The zero-order chi connectivity index (χ0) is 17.4. The van der Waals surface area contributed by atoms with Crippen LogP contribution in [0.15, 0.2) is 42.5 Å². The molecule has 2 aromatic carbocycles. The normalized spacial score (nSPS) is 11.6. The second-order valence-electron chi connectivity index (χ2n) is 5.13. The summed E-state index contributed by atoms with van der Waals surface area (Å²) < 4.78 is 10.6. The summed E-state index contributed by atoms with van der Waals surface area (Å²) in [5, 5.41) is 5.39. The molecule has 0 fully saturated rings. The number of hydrazine groups is 1. The molecule has 0 radical (unpaired) electrons. The van der Waals surface area contributed by atoms with Crippen molar-refractivity contribution in [1.29, 1.82) is 0 Å². The average Bonchev–Trinajstić information content (AvgIpc) is 2.59. The summed E-state index contributed by atoms with van der Waals surface area (Å²) in [5.41, 5.74) is 5.13. The molecule has 0 saturated carbocycles. The van der Waals surface area contributed by atoms with Crippen LogP contribution >= 0.6 is 12.2 Å². The second-order valence-corrected chi connectivity index (χ2v) is 5.54. The molecule has 1 atom stereocenters. The number of hydrogen-bond donors (Lipinski definition) is 3. The monoisotopic (exact) mass is 347 g/mol. The molecule has 2 rings (SSSR count). The topological polar surface area (TPSA) is 71.6 Å². The standard InChI is InChI=1S/C17H21N3O3S/c1-12(16(21)19-20-17(24)18-9-10-22-2)23-15-8-7-13-5-3-4-6-14(13)11-15/h3-8,11-12H,9-10H2,1-2H3,(H,19,21)(H2,18,20,24)/t12-/m1/s1. The first-order chi connectivity index (χ1) is 11.6. The largest absolute Gasteiger partial charge is 0.481 e. The smallest absolute Gasteiger partial charge is 0.279 e. The first-order valence-corrected chi connectivity index (χ1v) is 7.99. The van der Waals surface area contributed by atoms with E-state index in [1.165, 1.54) is 0 Å². The van der Waals surface area contributed by atoms with Crippen molar-refractivity contribution >= 4 is 34.0 Å². The Labute approximate surface area is 146 Å². The van der Waals surface area contributed by atoms with Crippen molar-refractivity contribution < 1.29 is 14.3 Å². The van der Waals surface area contributed by atoms with Gasteiger partial charge in [-0.1, -0.05) is 30.3 Å². The number of methoxy groups -OCH3 is 1. The maximum atomic E-state index is 12.0. The van der Waals surface area contributed by atoms with E-state index in [-0.39, 0.29) is 5.91 Å². The number of thiocarbonyl (C=S) groups is 1. The van der Waals surface area contributed by atoms with Crippen molar-refractivity contribution in [2.75, 3.05) is 20.3 Å². The third kappa shape index (κ3) is 5.36. The van der Waals surface area contributed by atoms with Crippen LogP contribution in [0.4, 0.5) is 0 Å². The molecule has 0 aliphatic rings. The fraction of sp³-hybridized carbons (Fsp3) is 0.294. The summed E-state index contributed by atoms with van der Waals surface area (Å²) in [4.78, 5) is 12.0. The molecule has 0 saturated heterocycles. The van der Waals surface area contributed by atoms with E-state index in [1.807, 2.05) is 42.5 Å². The predicted octanol–water partition coefficient (Wildman–Crippen LogP) is 1.75. The van der Waals surface area contributed by atoms with E-state index in [9.17, 15) is 4.79 Å². The molecular formula is C17H21N3O3S. The molecule has 0 aromatic heterocycles. The molecule has 7 heteroatoms. The summed E-state index contributed by atoms with van der Waals surface area (Å²) >= 11 is 5.02. The fourth-order valence-corrected chi connectivity index (χ4v) is 2.18. The summed E-state index contributed by atoms with van der Waals surface area (Å²) in [7, 11) is 1.60. The molecule has 128 valence electrons. The van der Waals surface area contributed by atoms with Gasteiger partial charge in [0.1, 0.15) is 5.75 Å². The van der Waals surface area contributed by atoms with Crippen LogP contribution in [0, 0.1) is 0 Å². The van der Waals surface area contributed by atoms with Crippen molar-refractivity contribution in [1.82, 2.24) is 16.2 Å². The van der Waals surface area contributed by atoms with E-state index in [2.05, 4.69) is 16.2 Å². The number of nitrogens with one attached hydrogen (secondary N) is 3. The highest BCUT2D eigenvalue weighted by Crippen LogP contribution is 2.21. The first-order valence-electron chi connectivity index (χ1n) is 7.58. The number of carbonyl (C=O) groups excluding carboxylic acids is 1. The van der Waals surface area contributed by atoms with Gasteiger partial charge in [0.05, 0.1) is 6.61 Å². The molecular weight excluding hydrogens is 326 g/mol. The average molecular weight is 347 g/mol. The minimum atomic E-state index is -0.666. The zero-order valence-electron chi connectivity index (χ0n) is 13.7. The molecule has 2 aromatic rings. The third-order valence-corrected chi connectivity index (χ3v) is 3.54. The number of fused-ring (bicyclic) bond motifs is 1. The summed E-state index contributed by atoms with van der Waals surface area (Å²) in [5.74, 6) is 0.316. The Bertz CT molecular complexity index is 708. The Hall–Kier alpha value is -2.38. The van der Waals surface area contributed by atoms with Crippen LogP contribution in [-0.2, 0) is 9.53 Å². The van der Waals surface area contributed by atoms with E-state index in [0.717, 1.165) is 10.8 Å². The number of carbonyl (C=O) groups is 1. The van der Waals surface area contributed by atoms with Gasteiger partial charge in [-0.3, -0.25) is 15.6 Å². The quantitative estimate of drug-likeness (QED) is 0.420. The lowest BCUT2D eigenvalue weighted by molar-refractivity contribution is -0.127. The van der Waals surface area contributed by atoms with Crippen LogP contribution < -0.4 is 20.9 Å². The SMILES string of the molecule is COCCNC(=S)NNC(=O)[C@@H](C)Oc1ccc2ccccc2c1. The van der Waals surface area contributed by atoms with Gasteiger partial charge in [-0.15, -0.1) is 0 Å². The van der Waals surface area contributed by atoms with Gasteiger partial charge >= 0.3 is 0 Å². The van der Waals surface area contributed by atoms with Crippen LogP contribution in [-0.4, -0.2) is 37.4 Å². The second kappa shape index (κ2) is 9.05. The maximum absolute atomic E-state index is 12.0. The third-order valence-electron chi connectivity index (χ3n) is 3.29. The summed E-state index contributed by atoms with van der Waals surface area (Å²) in [6.45, 7) is 2.76. The van der Waals surface area contributed by atoms with Gasteiger partial charge in [-0.05, 0) is 42.0 Å². The van der Waals surface area contributed by atoms with Crippen LogP contribution in [0.1, 0.15) is 6.92 Å². The molecule has 3 N–H and O–H groups in total. The minimum absolute atomic E-state index is 0.318. The lowest BCUT2D eigenvalue weighted by atomic mass is 10.1. The molecule has 0 aliphatic carbocycles. The van der Waals surface area contributed by atoms with Gasteiger partial charge in [-0.2, -0.15) is 0 Å². The van der Waals surface area contributed by atoms with E-state index in [4.69, 9.17) is 21.7 Å². The van der Waals surface area contributed by atoms with Gasteiger partial charge in [0.15, 0.2) is 11.2 Å². The van der Waals surface area contributed by atoms with Crippen molar-refractivity contribution in [2.45, 2.75) is 13.0 Å². The molecule has 0 heterocycles. The predicted molar refractivity (Wildman–Crippen MR) is 97.8 cm³/mol. The van der Waals surface area contributed by atoms with E-state index in [1.54, 1.807) is 14.0 Å². The number of ether oxygens (including phenoxy) is 2. The fourth-order valence-electron chi connectivity index (χ4n) is 2.03. The Morgan fingerprint density at radius 2 is 1.92 bits per heavy atom. The molecule has 0 bridgehead atoms. The Morgan fingerprint density at radius 1 is 1.17 bits per heavy atom. The van der Waals surface area contributed by atoms with Gasteiger partial charge in [0, 0.05) is 13.7 Å². The van der Waals surface area contributed by atoms with Crippen LogP contribution in [0.25, 0.3) is 10.8 Å². The summed E-state index contributed by atoms with van der Waals surface area (Å²) in [6, 6.07) is 13.7. The Morgan fingerprint density at radius 3 is 2.67 bits per heavy atom. The van der Waals surface area contributed by atoms with Gasteiger partial charge in [0.25, 0.3) is 5.91 Å². The van der Waals surface area contributed by atoms with Gasteiger partial charge in [0.2, 0.25) is 0 Å². The van der Waals surface area contributed by atoms with Crippen molar-refractivity contribution in [3.8, 4) is 5.75 Å². The highest BCUT2D eigenvalue weighted by atomic mass is 32.1. The molecule has 0 aliphatic heterocycles. The number of rotatable bonds is 6. The van der Waals surface area contributed by atoms with Crippen LogP contribution in [0.2, 0.25) is 0 Å².